The molecule has 0 radical (unpaired) electrons. The molecule has 10 heteroatoms. The highest BCUT2D eigenvalue weighted by atomic mass is 19.2. The fourth-order valence-electron chi connectivity index (χ4n) is 4.71. The van der Waals surface area contributed by atoms with Gasteiger partial charge in [-0.1, -0.05) is 44.2 Å². The molecule has 0 aliphatic carbocycles. The van der Waals surface area contributed by atoms with Crippen LogP contribution in [0.15, 0.2) is 72.8 Å². The van der Waals surface area contributed by atoms with Crippen molar-refractivity contribution >= 4 is 11.9 Å². The lowest BCUT2D eigenvalue weighted by Gasteiger charge is -2.08. The number of rotatable bonds is 14. The molecule has 4 aromatic rings. The fraction of sp³-hybridized carbons (Fsp3) is 0.257. The molecule has 0 spiro atoms. The standard InChI is InChI=1S/C35H30F6O4/c36-28-16-12-24(20-32(28)40)44-34(42)26-14-10-22(18-30(26)38)8-6-4-2-1-3-5-7-9-23-11-15-27(31(39)19-23)35(43)45-25-13-17-29(37)33(41)21-25/h10-21H,1-9H2. The van der Waals surface area contributed by atoms with Crippen molar-refractivity contribution in [3.63, 3.8) is 0 Å². The molecule has 4 nitrogen and oxygen atoms in total. The molecule has 0 aliphatic heterocycles. The lowest BCUT2D eigenvalue weighted by Crippen LogP contribution is -2.11. The minimum Gasteiger partial charge on any atom is -0.423 e. The third-order valence-electron chi connectivity index (χ3n) is 7.14. The van der Waals surface area contributed by atoms with Gasteiger partial charge in [0.1, 0.15) is 23.1 Å². The monoisotopic (exact) mass is 628 g/mol. The number of ether oxygens (including phenoxy) is 2. The Balaban J connectivity index is 1.10. The summed E-state index contributed by atoms with van der Waals surface area (Å²) >= 11 is 0. The number of hydrogen-bond acceptors (Lipinski definition) is 4. The molecule has 0 saturated carbocycles. The molecule has 0 aromatic heterocycles. The van der Waals surface area contributed by atoms with Crippen LogP contribution in [-0.2, 0) is 12.8 Å². The molecule has 0 atom stereocenters. The van der Waals surface area contributed by atoms with E-state index in [0.717, 1.165) is 80.3 Å². The van der Waals surface area contributed by atoms with E-state index in [0.29, 0.717) is 25.0 Å². The molecule has 0 aliphatic rings. The Labute approximate surface area is 256 Å². The van der Waals surface area contributed by atoms with Crippen molar-refractivity contribution in [2.45, 2.75) is 57.8 Å². The number of benzene rings is 4. The van der Waals surface area contributed by atoms with Crippen LogP contribution in [0, 0.1) is 34.9 Å². The smallest absolute Gasteiger partial charge is 0.346 e. The molecule has 0 bridgehead atoms. The number of hydrogen-bond donors (Lipinski definition) is 0. The third-order valence-corrected chi connectivity index (χ3v) is 7.14. The van der Waals surface area contributed by atoms with Gasteiger partial charge in [-0.25, -0.2) is 35.9 Å². The first-order valence-electron chi connectivity index (χ1n) is 14.5. The van der Waals surface area contributed by atoms with E-state index in [1.807, 2.05) is 0 Å². The maximum atomic E-state index is 14.5. The predicted octanol–water partition coefficient (Wildman–Crippen LogP) is 9.48. The van der Waals surface area contributed by atoms with E-state index < -0.39 is 46.8 Å². The molecule has 4 aromatic carbocycles. The van der Waals surface area contributed by atoms with E-state index in [9.17, 15) is 35.9 Å². The minimum absolute atomic E-state index is 0.227. The zero-order chi connectivity index (χ0) is 32.3. The molecule has 0 N–H and O–H groups in total. The summed E-state index contributed by atoms with van der Waals surface area (Å²) in [7, 11) is 0. The molecule has 0 saturated heterocycles. The van der Waals surface area contributed by atoms with E-state index in [2.05, 4.69) is 0 Å². The van der Waals surface area contributed by atoms with Crippen LogP contribution in [0.5, 0.6) is 11.5 Å². The van der Waals surface area contributed by atoms with E-state index in [1.54, 1.807) is 12.1 Å². The number of unbranched alkanes of at least 4 members (excludes halogenated alkanes) is 6. The first-order chi connectivity index (χ1) is 21.6. The highest BCUT2D eigenvalue weighted by Gasteiger charge is 2.17. The van der Waals surface area contributed by atoms with Crippen LogP contribution in [0.3, 0.4) is 0 Å². The fourth-order valence-corrected chi connectivity index (χ4v) is 4.71. The van der Waals surface area contributed by atoms with E-state index in [4.69, 9.17) is 9.47 Å². The van der Waals surface area contributed by atoms with Crippen molar-refractivity contribution in [1.29, 1.82) is 0 Å². The summed E-state index contributed by atoms with van der Waals surface area (Å²) in [6.45, 7) is 0. The zero-order valence-electron chi connectivity index (χ0n) is 24.2. The van der Waals surface area contributed by atoms with Crippen LogP contribution in [0.2, 0.25) is 0 Å². The van der Waals surface area contributed by atoms with Crippen molar-refractivity contribution in [3.8, 4) is 11.5 Å². The van der Waals surface area contributed by atoms with Crippen molar-refractivity contribution in [1.82, 2.24) is 0 Å². The van der Waals surface area contributed by atoms with Gasteiger partial charge < -0.3 is 9.47 Å². The summed E-state index contributed by atoms with van der Waals surface area (Å²) in [5.74, 6) is -8.50. The predicted molar refractivity (Wildman–Crippen MR) is 155 cm³/mol. The molecular weight excluding hydrogens is 598 g/mol. The van der Waals surface area contributed by atoms with E-state index >= 15 is 0 Å². The highest BCUT2D eigenvalue weighted by Crippen LogP contribution is 2.21. The second-order valence-corrected chi connectivity index (χ2v) is 10.5. The van der Waals surface area contributed by atoms with Gasteiger partial charge in [0, 0.05) is 12.1 Å². The molecule has 0 fully saturated rings. The van der Waals surface area contributed by atoms with Gasteiger partial charge in [0.05, 0.1) is 11.1 Å². The summed E-state index contributed by atoms with van der Waals surface area (Å²) < 4.78 is 91.6. The summed E-state index contributed by atoms with van der Waals surface area (Å²) in [5.41, 5.74) is 0.856. The maximum Gasteiger partial charge on any atom is 0.346 e. The van der Waals surface area contributed by atoms with E-state index in [-0.39, 0.29) is 22.6 Å². The summed E-state index contributed by atoms with van der Waals surface area (Å²) in [5, 5.41) is 0. The second kappa shape index (κ2) is 15.9. The number of aryl methyl sites for hydroxylation is 2. The Morgan fingerprint density at radius 2 is 0.800 bits per heavy atom. The normalized spacial score (nSPS) is 11.0. The molecule has 0 heterocycles. The Hall–Kier alpha value is -4.60. The Kier molecular flexibility index (Phi) is 11.8. The first-order valence-corrected chi connectivity index (χ1v) is 14.5. The van der Waals surface area contributed by atoms with Gasteiger partial charge in [0.25, 0.3) is 0 Å². The number of carbonyl (C=O) groups excluding carboxylic acids is 2. The molecule has 0 amide bonds. The van der Waals surface area contributed by atoms with Crippen LogP contribution in [0.4, 0.5) is 26.3 Å². The van der Waals surface area contributed by atoms with Gasteiger partial charge >= 0.3 is 11.9 Å². The highest BCUT2D eigenvalue weighted by molar-refractivity contribution is 5.92. The molecule has 4 rings (SSSR count). The Bertz CT molecular complexity index is 1530. The minimum atomic E-state index is -1.18. The van der Waals surface area contributed by atoms with Gasteiger partial charge in [0.15, 0.2) is 23.3 Å². The largest absolute Gasteiger partial charge is 0.423 e. The second-order valence-electron chi connectivity index (χ2n) is 10.5. The Morgan fingerprint density at radius 1 is 0.422 bits per heavy atom. The molecular formula is C35H30F6O4. The third kappa shape index (κ3) is 9.69. The van der Waals surface area contributed by atoms with Crippen molar-refractivity contribution in [2.24, 2.45) is 0 Å². The van der Waals surface area contributed by atoms with Crippen molar-refractivity contribution in [2.75, 3.05) is 0 Å². The zero-order valence-corrected chi connectivity index (χ0v) is 24.2. The lowest BCUT2D eigenvalue weighted by atomic mass is 10.0. The van der Waals surface area contributed by atoms with Crippen LogP contribution < -0.4 is 9.47 Å². The summed E-state index contributed by atoms with van der Waals surface area (Å²) in [6, 6.07) is 13.7. The van der Waals surface area contributed by atoms with E-state index in [1.165, 1.54) is 24.3 Å². The average Bonchev–Trinajstić information content (AvgIpc) is 3.00. The van der Waals surface area contributed by atoms with Crippen molar-refractivity contribution in [3.05, 3.63) is 130 Å². The number of carbonyl (C=O) groups is 2. The van der Waals surface area contributed by atoms with Crippen LogP contribution >= 0.6 is 0 Å². The van der Waals surface area contributed by atoms with Gasteiger partial charge in [-0.3, -0.25) is 0 Å². The SMILES string of the molecule is O=C(Oc1ccc(F)c(F)c1)c1ccc(CCCCCCCCCc2ccc(C(=O)Oc3ccc(F)c(F)c3)c(F)c2)cc1F. The molecule has 236 valence electrons. The van der Waals surface area contributed by atoms with Gasteiger partial charge in [-0.15, -0.1) is 0 Å². The average molecular weight is 629 g/mol. The first kappa shape index (κ1) is 33.3. The summed E-state index contributed by atoms with van der Waals surface area (Å²) in [4.78, 5) is 24.5. The van der Waals surface area contributed by atoms with Gasteiger partial charge in [0.2, 0.25) is 0 Å². The Morgan fingerprint density at radius 3 is 1.16 bits per heavy atom. The van der Waals surface area contributed by atoms with Crippen LogP contribution in [-0.4, -0.2) is 11.9 Å². The molecule has 0 unspecified atom stereocenters. The summed E-state index contributed by atoms with van der Waals surface area (Å²) in [6.07, 6.45) is 7.80. The van der Waals surface area contributed by atoms with Gasteiger partial charge in [-0.05, 0) is 85.3 Å². The topological polar surface area (TPSA) is 52.6 Å². The maximum absolute atomic E-state index is 14.5. The van der Waals surface area contributed by atoms with Gasteiger partial charge in [-0.2, -0.15) is 0 Å². The van der Waals surface area contributed by atoms with Crippen molar-refractivity contribution < 1.29 is 45.4 Å². The quantitative estimate of drug-likeness (QED) is 0.0604. The lowest BCUT2D eigenvalue weighted by molar-refractivity contribution is 0.0719. The van der Waals surface area contributed by atoms with Crippen LogP contribution in [0.25, 0.3) is 0 Å². The van der Waals surface area contributed by atoms with Crippen LogP contribution in [0.1, 0.15) is 76.8 Å². The molecule has 45 heavy (non-hydrogen) atoms. The number of esters is 2. The number of halogens is 6.